The zero-order chi connectivity index (χ0) is 23.5. The highest BCUT2D eigenvalue weighted by molar-refractivity contribution is 5.92. The first-order valence-corrected chi connectivity index (χ1v) is 11.5. The minimum atomic E-state index is -0.167. The van der Waals surface area contributed by atoms with Gasteiger partial charge in [-0.1, -0.05) is 98.8 Å². The molecule has 1 amide bonds. The van der Waals surface area contributed by atoms with Crippen molar-refractivity contribution in [3.05, 3.63) is 113 Å². The number of hydrogen-bond donors (Lipinski definition) is 1. The third-order valence-electron chi connectivity index (χ3n) is 5.21. The molecule has 0 aliphatic rings. The minimum Gasteiger partial charge on any atom is -0.493 e. The summed E-state index contributed by atoms with van der Waals surface area (Å²) in [4.78, 5) is 12.7. The second kappa shape index (κ2) is 12.4. The smallest absolute Gasteiger partial charge is 0.244 e. The summed E-state index contributed by atoms with van der Waals surface area (Å²) >= 11 is 0. The summed E-state index contributed by atoms with van der Waals surface area (Å²) in [5, 5.41) is 3.17. The van der Waals surface area contributed by atoms with Crippen LogP contribution in [-0.4, -0.2) is 12.5 Å². The summed E-state index contributed by atoms with van der Waals surface area (Å²) in [6.45, 7) is 6.98. The van der Waals surface area contributed by atoms with E-state index in [0.717, 1.165) is 28.0 Å². The van der Waals surface area contributed by atoms with Crippen molar-refractivity contribution in [1.29, 1.82) is 0 Å². The Bertz CT molecular complexity index is 1070. The summed E-state index contributed by atoms with van der Waals surface area (Å²) in [5.74, 6) is 1.19. The lowest BCUT2D eigenvalue weighted by molar-refractivity contribution is -0.117. The molecule has 0 aromatic heterocycles. The highest BCUT2D eigenvalue weighted by atomic mass is 16.5. The second-order valence-corrected chi connectivity index (χ2v) is 8.58. The van der Waals surface area contributed by atoms with Gasteiger partial charge in [-0.25, -0.2) is 0 Å². The number of carbonyl (C=O) groups is 1. The number of nitrogens with one attached hydrogen (secondary N) is 1. The Morgan fingerprint density at radius 1 is 0.909 bits per heavy atom. The van der Waals surface area contributed by atoms with Crippen molar-refractivity contribution in [1.82, 2.24) is 5.32 Å². The van der Waals surface area contributed by atoms with Crippen LogP contribution in [0, 0.1) is 12.8 Å². The van der Waals surface area contributed by atoms with Gasteiger partial charge in [-0.3, -0.25) is 4.79 Å². The Morgan fingerprint density at radius 2 is 1.55 bits per heavy atom. The van der Waals surface area contributed by atoms with E-state index in [-0.39, 0.29) is 11.9 Å². The molecule has 1 unspecified atom stereocenters. The second-order valence-electron chi connectivity index (χ2n) is 8.58. The van der Waals surface area contributed by atoms with Crippen LogP contribution in [0.25, 0.3) is 12.2 Å². The molecule has 3 heteroatoms. The van der Waals surface area contributed by atoms with Crippen LogP contribution in [0.3, 0.4) is 0 Å². The lowest BCUT2D eigenvalue weighted by Crippen LogP contribution is -2.26. The van der Waals surface area contributed by atoms with Crippen molar-refractivity contribution in [3.63, 3.8) is 0 Å². The molecule has 0 spiro atoms. The summed E-state index contributed by atoms with van der Waals surface area (Å²) in [6.07, 6.45) is 8.29. The van der Waals surface area contributed by atoms with E-state index in [4.69, 9.17) is 4.74 Å². The Labute approximate surface area is 197 Å². The summed E-state index contributed by atoms with van der Waals surface area (Å²) < 4.78 is 6.03. The number of amides is 1. The molecule has 3 aromatic rings. The van der Waals surface area contributed by atoms with Gasteiger partial charge in [0.15, 0.2) is 0 Å². The number of benzene rings is 3. The van der Waals surface area contributed by atoms with Crippen molar-refractivity contribution in [2.75, 3.05) is 6.61 Å². The average molecular weight is 440 g/mol. The van der Waals surface area contributed by atoms with E-state index in [1.54, 1.807) is 6.08 Å². The fourth-order valence-corrected chi connectivity index (χ4v) is 3.38. The molecular weight excluding hydrogens is 406 g/mol. The van der Waals surface area contributed by atoms with Gasteiger partial charge in [0.05, 0.1) is 12.6 Å². The lowest BCUT2D eigenvalue weighted by Gasteiger charge is -2.19. The molecule has 33 heavy (non-hydrogen) atoms. The highest BCUT2D eigenvalue weighted by Crippen LogP contribution is 2.26. The van der Waals surface area contributed by atoms with Gasteiger partial charge in [0.2, 0.25) is 5.91 Å². The van der Waals surface area contributed by atoms with E-state index in [9.17, 15) is 4.79 Å². The Balaban J connectivity index is 1.78. The first kappa shape index (κ1) is 24.1. The maximum Gasteiger partial charge on any atom is 0.244 e. The molecule has 0 bridgehead atoms. The maximum absolute atomic E-state index is 12.7. The highest BCUT2D eigenvalue weighted by Gasteiger charge is 2.14. The van der Waals surface area contributed by atoms with E-state index < -0.39 is 0 Å². The molecule has 3 rings (SSSR count). The summed E-state index contributed by atoms with van der Waals surface area (Å²) in [7, 11) is 0. The minimum absolute atomic E-state index is 0.123. The third kappa shape index (κ3) is 8.12. The van der Waals surface area contributed by atoms with Gasteiger partial charge in [0, 0.05) is 6.08 Å². The van der Waals surface area contributed by atoms with Crippen molar-refractivity contribution in [3.8, 4) is 5.75 Å². The number of aryl methyl sites for hydroxylation is 1. The van der Waals surface area contributed by atoms with Crippen molar-refractivity contribution in [2.24, 2.45) is 5.92 Å². The molecule has 0 saturated heterocycles. The van der Waals surface area contributed by atoms with Crippen molar-refractivity contribution in [2.45, 2.75) is 33.2 Å². The number of ether oxygens (including phenoxy) is 1. The fraction of sp³-hybridized carbons (Fsp3) is 0.233. The SMILES string of the molecule is Cc1ccc(C(C/C=C/c2ccccc2)NC(=O)/C=C/c2ccccc2)cc1OCC(C)C. The summed E-state index contributed by atoms with van der Waals surface area (Å²) in [6, 6.07) is 26.0. The lowest BCUT2D eigenvalue weighted by atomic mass is 10.0. The van der Waals surface area contributed by atoms with Crippen molar-refractivity contribution < 1.29 is 9.53 Å². The fourth-order valence-electron chi connectivity index (χ4n) is 3.38. The van der Waals surface area contributed by atoms with Crippen LogP contribution in [0.5, 0.6) is 5.75 Å². The average Bonchev–Trinajstić information content (AvgIpc) is 2.83. The van der Waals surface area contributed by atoms with Gasteiger partial charge >= 0.3 is 0 Å². The molecule has 0 radical (unpaired) electrons. The van der Waals surface area contributed by atoms with Gasteiger partial charge in [0.25, 0.3) is 0 Å². The molecule has 1 N–H and O–H groups in total. The van der Waals surface area contributed by atoms with E-state index in [1.165, 1.54) is 0 Å². The van der Waals surface area contributed by atoms with Gasteiger partial charge in [-0.2, -0.15) is 0 Å². The van der Waals surface area contributed by atoms with E-state index >= 15 is 0 Å². The van der Waals surface area contributed by atoms with Crippen LogP contribution in [0.1, 0.15) is 48.6 Å². The Morgan fingerprint density at radius 3 is 2.18 bits per heavy atom. The number of hydrogen-bond acceptors (Lipinski definition) is 2. The molecule has 0 heterocycles. The zero-order valence-electron chi connectivity index (χ0n) is 19.7. The molecule has 0 saturated carbocycles. The number of rotatable bonds is 10. The standard InChI is InChI=1S/C30H33NO2/c1-23(2)22-33-29-21-27(19-17-24(29)3)28(16-10-15-25-11-6-4-7-12-25)31-30(32)20-18-26-13-8-5-9-14-26/h4-15,17-21,23,28H,16,22H2,1-3H3,(H,31,32)/b15-10+,20-18+. The van der Waals surface area contributed by atoms with Crippen LogP contribution >= 0.6 is 0 Å². The molecule has 3 nitrogen and oxygen atoms in total. The van der Waals surface area contributed by atoms with Gasteiger partial charge < -0.3 is 10.1 Å². The van der Waals surface area contributed by atoms with Crippen molar-refractivity contribution >= 4 is 18.1 Å². The van der Waals surface area contributed by atoms with E-state index in [2.05, 4.69) is 61.6 Å². The first-order chi connectivity index (χ1) is 16.0. The normalized spacial score (nSPS) is 12.4. The summed E-state index contributed by atoms with van der Waals surface area (Å²) in [5.41, 5.74) is 4.25. The maximum atomic E-state index is 12.7. The van der Waals surface area contributed by atoms with E-state index in [1.807, 2.05) is 61.5 Å². The molecule has 0 aliphatic carbocycles. The molecule has 0 fully saturated rings. The molecule has 170 valence electrons. The van der Waals surface area contributed by atoms with Crippen LogP contribution in [0.4, 0.5) is 0 Å². The number of carbonyl (C=O) groups excluding carboxylic acids is 1. The molecule has 3 aromatic carbocycles. The predicted octanol–water partition coefficient (Wildman–Crippen LogP) is 7.00. The first-order valence-electron chi connectivity index (χ1n) is 11.5. The van der Waals surface area contributed by atoms with E-state index in [0.29, 0.717) is 18.9 Å². The van der Waals surface area contributed by atoms with Gasteiger partial charge in [0.1, 0.15) is 5.75 Å². The predicted molar refractivity (Wildman–Crippen MR) is 138 cm³/mol. The topological polar surface area (TPSA) is 38.3 Å². The largest absolute Gasteiger partial charge is 0.493 e. The van der Waals surface area contributed by atoms with Crippen LogP contribution in [0.2, 0.25) is 0 Å². The van der Waals surface area contributed by atoms with Gasteiger partial charge in [-0.15, -0.1) is 0 Å². The molecule has 0 aliphatic heterocycles. The van der Waals surface area contributed by atoms with Gasteiger partial charge in [-0.05, 0) is 53.7 Å². The monoisotopic (exact) mass is 439 g/mol. The van der Waals surface area contributed by atoms with Crippen LogP contribution in [-0.2, 0) is 4.79 Å². The molecular formula is C30H33NO2. The third-order valence-corrected chi connectivity index (χ3v) is 5.21. The Hall–Kier alpha value is -3.59. The quantitative estimate of drug-likeness (QED) is 0.345. The molecule has 1 atom stereocenters. The Kier molecular flexibility index (Phi) is 9.08. The zero-order valence-corrected chi connectivity index (χ0v) is 19.7. The van der Waals surface area contributed by atoms with Crippen LogP contribution in [0.15, 0.2) is 91.0 Å². The van der Waals surface area contributed by atoms with Crippen LogP contribution < -0.4 is 10.1 Å².